The molecule has 0 saturated carbocycles. The van der Waals surface area contributed by atoms with E-state index >= 15 is 0 Å². The zero-order valence-electron chi connectivity index (χ0n) is 11.2. The molecule has 4 heteroatoms. The average Bonchev–Trinajstić information content (AvgIpc) is 2.63. The van der Waals surface area contributed by atoms with Crippen LogP contribution in [0.3, 0.4) is 0 Å². The predicted molar refractivity (Wildman–Crippen MR) is 67.0 cm³/mol. The van der Waals surface area contributed by atoms with Crippen LogP contribution in [0.2, 0.25) is 0 Å². The predicted octanol–water partition coefficient (Wildman–Crippen LogP) is 2.25. The van der Waals surface area contributed by atoms with Gasteiger partial charge in [-0.15, -0.1) is 0 Å². The summed E-state index contributed by atoms with van der Waals surface area (Å²) in [6.45, 7) is 8.79. The lowest BCUT2D eigenvalue weighted by Gasteiger charge is -2.05. The lowest BCUT2D eigenvalue weighted by atomic mass is 10.2. The smallest absolute Gasteiger partial charge is 0.130 e. The van der Waals surface area contributed by atoms with Gasteiger partial charge in [-0.25, -0.2) is 0 Å². The van der Waals surface area contributed by atoms with Crippen molar-refractivity contribution in [3.63, 3.8) is 0 Å². The lowest BCUT2D eigenvalue weighted by molar-refractivity contribution is 0.0535. The van der Waals surface area contributed by atoms with Crippen molar-refractivity contribution in [3.05, 3.63) is 23.2 Å². The third kappa shape index (κ3) is 5.35. The fourth-order valence-corrected chi connectivity index (χ4v) is 1.46. The molecule has 1 rings (SSSR count). The Labute approximate surface area is 103 Å². The first-order chi connectivity index (χ1) is 8.13. The molecule has 0 aliphatic heterocycles. The van der Waals surface area contributed by atoms with Gasteiger partial charge in [0.15, 0.2) is 0 Å². The minimum atomic E-state index is 0.478. The Morgan fingerprint density at radius 2 is 2.12 bits per heavy atom. The molecule has 0 aliphatic carbocycles. The van der Waals surface area contributed by atoms with E-state index in [2.05, 4.69) is 25.2 Å². The van der Waals surface area contributed by atoms with Gasteiger partial charge in [0.1, 0.15) is 18.1 Å². The van der Waals surface area contributed by atoms with Crippen molar-refractivity contribution in [3.8, 4) is 0 Å². The number of aryl methyl sites for hydroxylation is 1. The normalized spacial score (nSPS) is 11.4. The summed E-state index contributed by atoms with van der Waals surface area (Å²) in [6, 6.07) is 2.53. The molecule has 0 amide bonds. The van der Waals surface area contributed by atoms with Gasteiger partial charge >= 0.3 is 0 Å². The quantitative estimate of drug-likeness (QED) is 0.709. The zero-order chi connectivity index (χ0) is 12.7. The Kier molecular flexibility index (Phi) is 6.26. The van der Waals surface area contributed by atoms with E-state index in [1.807, 2.05) is 6.92 Å². The molecule has 0 aromatic carbocycles. The SMILES string of the molecule is COCCOCc1cc(CNC(C)C)c(C)o1. The fourth-order valence-electron chi connectivity index (χ4n) is 1.46. The highest BCUT2D eigenvalue weighted by Crippen LogP contribution is 2.15. The summed E-state index contributed by atoms with van der Waals surface area (Å²) in [5, 5.41) is 3.37. The number of hydrogen-bond donors (Lipinski definition) is 1. The summed E-state index contributed by atoms with van der Waals surface area (Å²) in [4.78, 5) is 0. The van der Waals surface area contributed by atoms with Gasteiger partial charge in [-0.05, 0) is 13.0 Å². The van der Waals surface area contributed by atoms with Crippen molar-refractivity contribution < 1.29 is 13.9 Å². The van der Waals surface area contributed by atoms with Crippen LogP contribution >= 0.6 is 0 Å². The molecule has 4 nitrogen and oxygen atoms in total. The zero-order valence-corrected chi connectivity index (χ0v) is 11.2. The van der Waals surface area contributed by atoms with E-state index in [4.69, 9.17) is 13.9 Å². The number of furan rings is 1. The van der Waals surface area contributed by atoms with Crippen LogP contribution in [0.5, 0.6) is 0 Å². The summed E-state index contributed by atoms with van der Waals surface area (Å²) in [5.41, 5.74) is 1.20. The first-order valence-corrected chi connectivity index (χ1v) is 6.01. The van der Waals surface area contributed by atoms with Crippen molar-refractivity contribution >= 4 is 0 Å². The van der Waals surface area contributed by atoms with E-state index in [-0.39, 0.29) is 0 Å². The summed E-state index contributed by atoms with van der Waals surface area (Å²) in [7, 11) is 1.66. The molecule has 0 bridgehead atoms. The first kappa shape index (κ1) is 14.2. The van der Waals surface area contributed by atoms with Crippen LogP contribution in [-0.2, 0) is 22.6 Å². The van der Waals surface area contributed by atoms with E-state index in [9.17, 15) is 0 Å². The number of rotatable bonds is 8. The molecule has 0 fully saturated rings. The minimum absolute atomic E-state index is 0.478. The second kappa shape index (κ2) is 7.48. The molecule has 1 aromatic rings. The van der Waals surface area contributed by atoms with Gasteiger partial charge < -0.3 is 19.2 Å². The third-order valence-electron chi connectivity index (χ3n) is 2.45. The van der Waals surface area contributed by atoms with Crippen LogP contribution in [0.1, 0.15) is 30.9 Å². The Balaban J connectivity index is 2.38. The molecular weight excluding hydrogens is 218 g/mol. The maximum Gasteiger partial charge on any atom is 0.130 e. The Hall–Kier alpha value is -0.840. The molecule has 98 valence electrons. The summed E-state index contributed by atoms with van der Waals surface area (Å²) in [6.07, 6.45) is 0. The van der Waals surface area contributed by atoms with Crippen molar-refractivity contribution in [2.75, 3.05) is 20.3 Å². The molecule has 1 N–H and O–H groups in total. The number of nitrogens with one attached hydrogen (secondary N) is 1. The second-order valence-electron chi connectivity index (χ2n) is 4.38. The largest absolute Gasteiger partial charge is 0.464 e. The Bertz CT molecular complexity index is 320. The Morgan fingerprint density at radius 1 is 1.35 bits per heavy atom. The molecule has 0 aliphatic rings. The van der Waals surface area contributed by atoms with Gasteiger partial charge in [-0.1, -0.05) is 13.8 Å². The molecule has 1 aromatic heterocycles. The van der Waals surface area contributed by atoms with E-state index in [1.165, 1.54) is 5.56 Å². The van der Waals surface area contributed by atoms with Gasteiger partial charge in [0, 0.05) is 25.3 Å². The molecule has 0 atom stereocenters. The van der Waals surface area contributed by atoms with Crippen LogP contribution < -0.4 is 5.32 Å². The van der Waals surface area contributed by atoms with E-state index < -0.39 is 0 Å². The van der Waals surface area contributed by atoms with Crippen LogP contribution in [0.4, 0.5) is 0 Å². The van der Waals surface area contributed by atoms with Crippen LogP contribution in [0.15, 0.2) is 10.5 Å². The molecule has 0 unspecified atom stereocenters. The molecule has 0 spiro atoms. The van der Waals surface area contributed by atoms with Gasteiger partial charge in [0.05, 0.1) is 13.2 Å². The highest BCUT2D eigenvalue weighted by Gasteiger charge is 2.07. The van der Waals surface area contributed by atoms with Gasteiger partial charge in [-0.3, -0.25) is 0 Å². The van der Waals surface area contributed by atoms with Crippen molar-refractivity contribution in [2.24, 2.45) is 0 Å². The molecule has 0 saturated heterocycles. The third-order valence-corrected chi connectivity index (χ3v) is 2.45. The van der Waals surface area contributed by atoms with E-state index in [0.29, 0.717) is 25.9 Å². The van der Waals surface area contributed by atoms with E-state index in [0.717, 1.165) is 18.1 Å². The number of methoxy groups -OCH3 is 1. The standard InChI is InChI=1S/C13H23NO3/c1-10(2)14-8-12-7-13(17-11(12)3)9-16-6-5-15-4/h7,10,14H,5-6,8-9H2,1-4H3. The monoisotopic (exact) mass is 241 g/mol. The van der Waals surface area contributed by atoms with Gasteiger partial charge in [0.25, 0.3) is 0 Å². The minimum Gasteiger partial charge on any atom is -0.464 e. The van der Waals surface area contributed by atoms with Crippen molar-refractivity contribution in [2.45, 2.75) is 40.0 Å². The van der Waals surface area contributed by atoms with Crippen molar-refractivity contribution in [1.82, 2.24) is 5.32 Å². The average molecular weight is 241 g/mol. The van der Waals surface area contributed by atoms with E-state index in [1.54, 1.807) is 7.11 Å². The van der Waals surface area contributed by atoms with Crippen LogP contribution in [-0.4, -0.2) is 26.4 Å². The molecule has 1 heterocycles. The Morgan fingerprint density at radius 3 is 2.76 bits per heavy atom. The molecular formula is C13H23NO3. The first-order valence-electron chi connectivity index (χ1n) is 6.01. The summed E-state index contributed by atoms with van der Waals surface area (Å²) < 4.78 is 15.9. The maximum absolute atomic E-state index is 5.62. The van der Waals surface area contributed by atoms with Gasteiger partial charge in [-0.2, -0.15) is 0 Å². The molecule has 0 radical (unpaired) electrons. The second-order valence-corrected chi connectivity index (χ2v) is 4.38. The molecule has 17 heavy (non-hydrogen) atoms. The maximum atomic E-state index is 5.62. The highest BCUT2D eigenvalue weighted by atomic mass is 16.5. The van der Waals surface area contributed by atoms with Crippen molar-refractivity contribution in [1.29, 1.82) is 0 Å². The lowest BCUT2D eigenvalue weighted by Crippen LogP contribution is -2.21. The van der Waals surface area contributed by atoms with Crippen LogP contribution in [0.25, 0.3) is 0 Å². The van der Waals surface area contributed by atoms with Crippen LogP contribution in [0, 0.1) is 6.92 Å². The number of ether oxygens (including phenoxy) is 2. The van der Waals surface area contributed by atoms with Gasteiger partial charge in [0.2, 0.25) is 0 Å². The number of hydrogen-bond acceptors (Lipinski definition) is 4. The fraction of sp³-hybridized carbons (Fsp3) is 0.692. The summed E-state index contributed by atoms with van der Waals surface area (Å²) in [5.74, 6) is 1.84. The topological polar surface area (TPSA) is 43.6 Å². The highest BCUT2D eigenvalue weighted by molar-refractivity contribution is 5.20. The summed E-state index contributed by atoms with van der Waals surface area (Å²) >= 11 is 0.